The Hall–Kier alpha value is -0.996. The number of rotatable bonds is 14. The third-order valence-electron chi connectivity index (χ3n) is 7.21. The van der Waals surface area contributed by atoms with Crippen molar-refractivity contribution in [3.63, 3.8) is 0 Å². The minimum absolute atomic E-state index is 0.0150. The maximum Gasteiger partial charge on any atom is 0.308 e. The molecule has 1 rings (SSSR count). The monoisotopic (exact) mass is 538 g/mol. The van der Waals surface area contributed by atoms with Gasteiger partial charge in [0, 0.05) is 20.6 Å². The zero-order valence-corrected chi connectivity index (χ0v) is 27.1. The summed E-state index contributed by atoms with van der Waals surface area (Å²) in [4.78, 5) is 12.4. The van der Waals surface area contributed by atoms with E-state index >= 15 is 0 Å². The first kappa shape index (κ1) is 33.0. The number of methoxy groups -OCH3 is 2. The standard InChI is InChI=1S/C29H54O5Si2/c1-21(2)36(22(3)4,23(5)6)34-28(27-19-26(32-9)20-29(30)33-27)18-24(7)15-16-25(31-8)14-13-17-35(10,11)12/h13,15-18,21-23,25-28H,14,19-20H2,1-12H3/b16-15+,17-13+,24-18+/t25-,26-,27-,28-/m1/s1. The lowest BCUT2D eigenvalue weighted by Gasteiger charge is -2.46. The lowest BCUT2D eigenvalue weighted by atomic mass is 9.99. The molecule has 1 aliphatic heterocycles. The number of hydrogen-bond donors (Lipinski definition) is 0. The van der Waals surface area contributed by atoms with Gasteiger partial charge in [-0.15, -0.1) is 0 Å². The third kappa shape index (κ3) is 10.0. The summed E-state index contributed by atoms with van der Waals surface area (Å²) in [6, 6.07) is 0. The topological polar surface area (TPSA) is 54.0 Å². The van der Waals surface area contributed by atoms with Crippen LogP contribution in [0, 0.1) is 0 Å². The molecule has 208 valence electrons. The molecule has 1 heterocycles. The van der Waals surface area contributed by atoms with Crippen LogP contribution in [0.3, 0.4) is 0 Å². The van der Waals surface area contributed by atoms with Crippen molar-refractivity contribution in [1.82, 2.24) is 0 Å². The molecule has 1 fully saturated rings. The van der Waals surface area contributed by atoms with Gasteiger partial charge in [-0.2, -0.15) is 0 Å². The van der Waals surface area contributed by atoms with Crippen LogP contribution in [-0.4, -0.2) is 61.0 Å². The molecule has 0 spiro atoms. The summed E-state index contributed by atoms with van der Waals surface area (Å²) in [5, 5.41) is 0. The Morgan fingerprint density at radius 3 is 2.11 bits per heavy atom. The minimum atomic E-state index is -2.21. The lowest BCUT2D eigenvalue weighted by molar-refractivity contribution is -0.167. The number of esters is 1. The molecule has 0 unspecified atom stereocenters. The van der Waals surface area contributed by atoms with Crippen LogP contribution in [0.25, 0.3) is 0 Å². The highest BCUT2D eigenvalue weighted by atomic mass is 28.4. The van der Waals surface area contributed by atoms with Gasteiger partial charge < -0.3 is 18.6 Å². The summed E-state index contributed by atoms with van der Waals surface area (Å²) in [5.41, 5.74) is 4.72. The van der Waals surface area contributed by atoms with Gasteiger partial charge in [0.1, 0.15) is 12.2 Å². The number of carbonyl (C=O) groups is 1. The highest BCUT2D eigenvalue weighted by Crippen LogP contribution is 2.44. The number of hydrogen-bond acceptors (Lipinski definition) is 5. The number of cyclic esters (lactones) is 1. The molecule has 0 aliphatic carbocycles. The largest absolute Gasteiger partial charge is 0.459 e. The predicted octanol–water partition coefficient (Wildman–Crippen LogP) is 7.61. The second-order valence-electron chi connectivity index (χ2n) is 12.3. The van der Waals surface area contributed by atoms with E-state index in [0.717, 1.165) is 12.0 Å². The molecule has 4 atom stereocenters. The first-order valence-corrected chi connectivity index (χ1v) is 19.3. The predicted molar refractivity (Wildman–Crippen MR) is 157 cm³/mol. The molecule has 0 aromatic rings. The normalized spacial score (nSPS) is 22.3. The van der Waals surface area contributed by atoms with E-state index in [1.54, 1.807) is 14.2 Å². The number of allylic oxidation sites excluding steroid dienone is 2. The van der Waals surface area contributed by atoms with Crippen molar-refractivity contribution < 1.29 is 23.4 Å². The van der Waals surface area contributed by atoms with Crippen LogP contribution in [0.4, 0.5) is 0 Å². The van der Waals surface area contributed by atoms with Crippen molar-refractivity contribution in [3.05, 3.63) is 35.6 Å². The number of ether oxygens (including phenoxy) is 3. The highest BCUT2D eigenvalue weighted by molar-refractivity contribution is 6.81. The van der Waals surface area contributed by atoms with E-state index in [4.69, 9.17) is 18.6 Å². The van der Waals surface area contributed by atoms with Gasteiger partial charge in [-0.05, 0) is 30.0 Å². The molecule has 0 amide bonds. The van der Waals surface area contributed by atoms with Crippen LogP contribution < -0.4 is 0 Å². The Morgan fingerprint density at radius 1 is 1.06 bits per heavy atom. The van der Waals surface area contributed by atoms with Gasteiger partial charge >= 0.3 is 5.97 Å². The molecule has 0 N–H and O–H groups in total. The fourth-order valence-corrected chi connectivity index (χ4v) is 11.8. The molecule has 0 aromatic carbocycles. The molecule has 7 heteroatoms. The first-order valence-electron chi connectivity index (χ1n) is 13.6. The zero-order valence-electron chi connectivity index (χ0n) is 25.1. The van der Waals surface area contributed by atoms with Gasteiger partial charge in [0.15, 0.2) is 0 Å². The summed E-state index contributed by atoms with van der Waals surface area (Å²) in [6.45, 7) is 22.7. The summed E-state index contributed by atoms with van der Waals surface area (Å²) in [6.07, 6.45) is 9.59. The molecule has 1 saturated heterocycles. The molecule has 5 nitrogen and oxygen atoms in total. The second-order valence-corrected chi connectivity index (χ2v) is 22.7. The van der Waals surface area contributed by atoms with Crippen LogP contribution in [0.15, 0.2) is 35.6 Å². The SMILES string of the molecule is CO[C@H]1CC(=O)O[C@@H]([C@@H](/C=C(C)/C=C/[C@@H](C/C=C/[Si](C)(C)C)OC)O[Si](C(C)C)(C(C)C)C(C)C)C1. The summed E-state index contributed by atoms with van der Waals surface area (Å²) < 4.78 is 24.3. The van der Waals surface area contributed by atoms with Gasteiger partial charge in [0.2, 0.25) is 8.32 Å². The van der Waals surface area contributed by atoms with E-state index in [0.29, 0.717) is 29.5 Å². The highest BCUT2D eigenvalue weighted by Gasteiger charge is 2.48. The summed E-state index contributed by atoms with van der Waals surface area (Å²) in [5.74, 6) is -0.215. The van der Waals surface area contributed by atoms with Crippen molar-refractivity contribution in [2.24, 2.45) is 0 Å². The molecule has 1 aliphatic rings. The van der Waals surface area contributed by atoms with E-state index in [9.17, 15) is 4.79 Å². The molecular weight excluding hydrogens is 484 g/mol. The van der Waals surface area contributed by atoms with E-state index in [1.807, 2.05) is 0 Å². The smallest absolute Gasteiger partial charge is 0.308 e. The van der Waals surface area contributed by atoms with E-state index in [2.05, 4.69) is 98.1 Å². The Kier molecular flexibility index (Phi) is 13.6. The maximum atomic E-state index is 12.4. The average Bonchev–Trinajstić information content (AvgIpc) is 2.76. The van der Waals surface area contributed by atoms with Crippen molar-refractivity contribution in [3.8, 4) is 0 Å². The van der Waals surface area contributed by atoms with Crippen molar-refractivity contribution in [2.45, 2.75) is 128 Å². The van der Waals surface area contributed by atoms with Crippen LogP contribution in [0.5, 0.6) is 0 Å². The van der Waals surface area contributed by atoms with Gasteiger partial charge in [-0.25, -0.2) is 0 Å². The van der Waals surface area contributed by atoms with Gasteiger partial charge in [-0.3, -0.25) is 4.79 Å². The molecule has 0 aromatic heterocycles. The fraction of sp³-hybridized carbons (Fsp3) is 0.759. The Balaban J connectivity index is 3.30. The van der Waals surface area contributed by atoms with Crippen molar-refractivity contribution in [1.29, 1.82) is 0 Å². The maximum absolute atomic E-state index is 12.4. The first-order chi connectivity index (χ1) is 16.7. The van der Waals surface area contributed by atoms with Crippen LogP contribution in [0.1, 0.15) is 67.7 Å². The fourth-order valence-electron chi connectivity index (χ4n) is 5.42. The van der Waals surface area contributed by atoms with E-state index in [1.165, 1.54) is 0 Å². The summed E-state index contributed by atoms with van der Waals surface area (Å²) in [7, 11) is -0.0217. The van der Waals surface area contributed by atoms with Crippen molar-refractivity contribution in [2.75, 3.05) is 14.2 Å². The minimum Gasteiger partial charge on any atom is -0.459 e. The quantitative estimate of drug-likeness (QED) is 0.129. The van der Waals surface area contributed by atoms with Gasteiger partial charge in [-0.1, -0.05) is 96.8 Å². The Labute approximate surface area is 223 Å². The molecule has 0 saturated carbocycles. The van der Waals surface area contributed by atoms with E-state index in [-0.39, 0.29) is 30.4 Å². The molecule has 0 radical (unpaired) electrons. The Morgan fingerprint density at radius 2 is 1.64 bits per heavy atom. The molecular formula is C29H54O5Si2. The number of carbonyl (C=O) groups excluding carboxylic acids is 1. The lowest BCUT2D eigenvalue weighted by Crippen LogP contribution is -2.53. The average molecular weight is 539 g/mol. The van der Waals surface area contributed by atoms with Crippen LogP contribution in [0.2, 0.25) is 36.3 Å². The van der Waals surface area contributed by atoms with Crippen LogP contribution >= 0.6 is 0 Å². The van der Waals surface area contributed by atoms with Gasteiger partial charge in [0.05, 0.1) is 26.7 Å². The van der Waals surface area contributed by atoms with Crippen LogP contribution in [-0.2, 0) is 23.4 Å². The van der Waals surface area contributed by atoms with Gasteiger partial charge in [0.25, 0.3) is 0 Å². The van der Waals surface area contributed by atoms with Crippen molar-refractivity contribution >= 4 is 22.4 Å². The van der Waals surface area contributed by atoms with E-state index < -0.39 is 16.4 Å². The summed E-state index contributed by atoms with van der Waals surface area (Å²) >= 11 is 0. The zero-order chi connectivity index (χ0) is 27.7. The second kappa shape index (κ2) is 14.8. The molecule has 0 bridgehead atoms. The molecule has 36 heavy (non-hydrogen) atoms. The third-order valence-corrected chi connectivity index (χ3v) is 14.5. The Bertz CT molecular complexity index is 742.